The third-order valence-corrected chi connectivity index (χ3v) is 2.44. The summed E-state index contributed by atoms with van der Waals surface area (Å²) in [5, 5.41) is 7.62. The number of nitrogens with zero attached hydrogens (tertiary/aromatic N) is 2. The summed E-state index contributed by atoms with van der Waals surface area (Å²) in [5.41, 5.74) is 3.58. The van der Waals surface area contributed by atoms with Gasteiger partial charge >= 0.3 is 0 Å². The first-order valence-electron chi connectivity index (χ1n) is 5.81. The van der Waals surface area contributed by atoms with Crippen LogP contribution in [0.15, 0.2) is 36.7 Å². The van der Waals surface area contributed by atoms with E-state index in [0.717, 1.165) is 11.3 Å². The van der Waals surface area contributed by atoms with Gasteiger partial charge in [0, 0.05) is 30.0 Å². The third-order valence-electron chi connectivity index (χ3n) is 2.44. The number of rotatable bonds is 2. The van der Waals surface area contributed by atoms with Crippen LogP contribution in [-0.4, -0.2) is 15.3 Å². The predicted molar refractivity (Wildman–Crippen MR) is 72.0 cm³/mol. The minimum absolute atomic E-state index is 0.0931. The van der Waals surface area contributed by atoms with E-state index in [1.807, 2.05) is 24.1 Å². The molecule has 2 rings (SSSR count). The Kier molecular flexibility index (Phi) is 2.92. The van der Waals surface area contributed by atoms with Crippen LogP contribution < -0.4 is 5.32 Å². The molecule has 0 aliphatic carbocycles. The van der Waals surface area contributed by atoms with Gasteiger partial charge in [-0.25, -0.2) is 0 Å². The lowest BCUT2D eigenvalue weighted by atomic mass is 10.1. The Labute approximate surface area is 102 Å². The van der Waals surface area contributed by atoms with Gasteiger partial charge in [-0.1, -0.05) is 12.1 Å². The molecule has 0 fully saturated rings. The molecule has 1 heterocycles. The summed E-state index contributed by atoms with van der Waals surface area (Å²) in [5.74, 6) is 0. The van der Waals surface area contributed by atoms with Gasteiger partial charge < -0.3 is 5.32 Å². The minimum atomic E-state index is 0.0931. The molecule has 3 heteroatoms. The maximum Gasteiger partial charge on any atom is 0.0568 e. The van der Waals surface area contributed by atoms with Crippen molar-refractivity contribution in [2.24, 2.45) is 7.05 Å². The maximum absolute atomic E-state index is 4.18. The number of benzene rings is 1. The van der Waals surface area contributed by atoms with Crippen LogP contribution in [0.5, 0.6) is 0 Å². The second-order valence-electron chi connectivity index (χ2n) is 5.36. The molecule has 0 atom stereocenters. The van der Waals surface area contributed by atoms with Crippen LogP contribution in [0.2, 0.25) is 0 Å². The van der Waals surface area contributed by atoms with E-state index in [4.69, 9.17) is 0 Å². The molecular weight excluding hydrogens is 210 g/mol. The van der Waals surface area contributed by atoms with Crippen molar-refractivity contribution in [3.8, 4) is 11.1 Å². The van der Waals surface area contributed by atoms with Crippen LogP contribution in [-0.2, 0) is 7.05 Å². The molecule has 17 heavy (non-hydrogen) atoms. The van der Waals surface area contributed by atoms with E-state index in [-0.39, 0.29) is 5.54 Å². The Morgan fingerprint density at radius 1 is 1.06 bits per heavy atom. The zero-order valence-corrected chi connectivity index (χ0v) is 10.9. The molecule has 0 saturated heterocycles. The molecule has 0 amide bonds. The Bertz CT molecular complexity index is 489. The van der Waals surface area contributed by atoms with Gasteiger partial charge in [0.2, 0.25) is 0 Å². The minimum Gasteiger partial charge on any atom is -0.380 e. The normalized spacial score (nSPS) is 11.5. The Morgan fingerprint density at radius 2 is 1.71 bits per heavy atom. The maximum atomic E-state index is 4.18. The van der Waals surface area contributed by atoms with Crippen molar-refractivity contribution in [2.45, 2.75) is 26.3 Å². The lowest BCUT2D eigenvalue weighted by molar-refractivity contribution is 0.634. The van der Waals surface area contributed by atoms with Crippen molar-refractivity contribution >= 4 is 5.69 Å². The zero-order valence-electron chi connectivity index (χ0n) is 10.9. The number of anilines is 1. The second kappa shape index (κ2) is 4.24. The SMILES string of the molecule is Cn1cc(-c2ccc(NC(C)(C)C)cc2)cn1. The van der Waals surface area contributed by atoms with Crippen molar-refractivity contribution in [1.29, 1.82) is 0 Å². The van der Waals surface area contributed by atoms with Gasteiger partial charge in [-0.05, 0) is 38.5 Å². The summed E-state index contributed by atoms with van der Waals surface area (Å²) in [7, 11) is 1.93. The molecule has 1 aromatic heterocycles. The molecule has 3 nitrogen and oxygen atoms in total. The van der Waals surface area contributed by atoms with E-state index < -0.39 is 0 Å². The highest BCUT2D eigenvalue weighted by Gasteiger charge is 2.09. The van der Waals surface area contributed by atoms with E-state index in [0.29, 0.717) is 0 Å². The van der Waals surface area contributed by atoms with Crippen LogP contribution in [0.3, 0.4) is 0 Å². The molecule has 0 aliphatic rings. The highest BCUT2D eigenvalue weighted by atomic mass is 15.2. The molecule has 0 spiro atoms. The quantitative estimate of drug-likeness (QED) is 0.856. The van der Waals surface area contributed by atoms with E-state index in [2.05, 4.69) is 55.5 Å². The van der Waals surface area contributed by atoms with Gasteiger partial charge in [0.1, 0.15) is 0 Å². The predicted octanol–water partition coefficient (Wildman–Crippen LogP) is 3.30. The highest BCUT2D eigenvalue weighted by molar-refractivity contribution is 5.64. The molecule has 0 saturated carbocycles. The molecule has 2 aromatic rings. The van der Waals surface area contributed by atoms with Gasteiger partial charge in [0.15, 0.2) is 0 Å². The first-order chi connectivity index (χ1) is 7.94. The molecule has 90 valence electrons. The number of hydrogen-bond donors (Lipinski definition) is 1. The van der Waals surface area contributed by atoms with Crippen molar-refractivity contribution in [3.05, 3.63) is 36.7 Å². The number of hydrogen-bond acceptors (Lipinski definition) is 2. The van der Waals surface area contributed by atoms with Crippen LogP contribution >= 0.6 is 0 Å². The summed E-state index contributed by atoms with van der Waals surface area (Å²) in [6.45, 7) is 6.46. The van der Waals surface area contributed by atoms with Crippen LogP contribution in [0.4, 0.5) is 5.69 Å². The summed E-state index contributed by atoms with van der Waals surface area (Å²) in [6.07, 6.45) is 3.90. The Morgan fingerprint density at radius 3 is 2.18 bits per heavy atom. The lowest BCUT2D eigenvalue weighted by Gasteiger charge is -2.22. The average molecular weight is 229 g/mol. The summed E-state index contributed by atoms with van der Waals surface area (Å²) < 4.78 is 1.82. The number of nitrogens with one attached hydrogen (secondary N) is 1. The summed E-state index contributed by atoms with van der Waals surface area (Å²) >= 11 is 0. The Hall–Kier alpha value is -1.77. The monoisotopic (exact) mass is 229 g/mol. The fourth-order valence-electron chi connectivity index (χ4n) is 1.75. The first-order valence-corrected chi connectivity index (χ1v) is 5.81. The van der Waals surface area contributed by atoms with Crippen LogP contribution in [0.25, 0.3) is 11.1 Å². The van der Waals surface area contributed by atoms with Gasteiger partial charge in [-0.15, -0.1) is 0 Å². The van der Waals surface area contributed by atoms with Crippen molar-refractivity contribution in [1.82, 2.24) is 9.78 Å². The van der Waals surface area contributed by atoms with Crippen LogP contribution in [0, 0.1) is 0 Å². The second-order valence-corrected chi connectivity index (χ2v) is 5.36. The standard InChI is InChI=1S/C14H19N3/c1-14(2,3)16-13-7-5-11(6-8-13)12-9-15-17(4)10-12/h5-10,16H,1-4H3. The van der Waals surface area contributed by atoms with E-state index >= 15 is 0 Å². The van der Waals surface area contributed by atoms with Gasteiger partial charge in [-0.3, -0.25) is 4.68 Å². The molecular formula is C14H19N3. The van der Waals surface area contributed by atoms with E-state index in [1.165, 1.54) is 5.56 Å². The fourth-order valence-corrected chi connectivity index (χ4v) is 1.75. The lowest BCUT2D eigenvalue weighted by Crippen LogP contribution is -2.25. The largest absolute Gasteiger partial charge is 0.380 e. The number of aryl methyl sites for hydroxylation is 1. The molecule has 0 radical (unpaired) electrons. The molecule has 0 unspecified atom stereocenters. The zero-order chi connectivity index (χ0) is 12.5. The topological polar surface area (TPSA) is 29.9 Å². The molecule has 0 aliphatic heterocycles. The first kappa shape index (κ1) is 11.7. The Balaban J connectivity index is 2.19. The van der Waals surface area contributed by atoms with Gasteiger partial charge in [0.05, 0.1) is 6.20 Å². The smallest absolute Gasteiger partial charge is 0.0568 e. The van der Waals surface area contributed by atoms with E-state index in [9.17, 15) is 0 Å². The van der Waals surface area contributed by atoms with Crippen molar-refractivity contribution in [2.75, 3.05) is 5.32 Å². The van der Waals surface area contributed by atoms with Gasteiger partial charge in [-0.2, -0.15) is 5.10 Å². The number of aromatic nitrogens is 2. The molecule has 1 aromatic carbocycles. The molecule has 1 N–H and O–H groups in total. The van der Waals surface area contributed by atoms with Gasteiger partial charge in [0.25, 0.3) is 0 Å². The van der Waals surface area contributed by atoms with Crippen molar-refractivity contribution < 1.29 is 0 Å². The summed E-state index contributed by atoms with van der Waals surface area (Å²) in [4.78, 5) is 0. The average Bonchev–Trinajstić information content (AvgIpc) is 2.63. The summed E-state index contributed by atoms with van der Waals surface area (Å²) in [6, 6.07) is 8.44. The fraction of sp³-hybridized carbons (Fsp3) is 0.357. The third kappa shape index (κ3) is 3.09. The molecule has 0 bridgehead atoms. The van der Waals surface area contributed by atoms with Crippen LogP contribution in [0.1, 0.15) is 20.8 Å². The van der Waals surface area contributed by atoms with E-state index in [1.54, 1.807) is 0 Å². The van der Waals surface area contributed by atoms with Crippen molar-refractivity contribution in [3.63, 3.8) is 0 Å². The highest BCUT2D eigenvalue weighted by Crippen LogP contribution is 2.22.